The maximum Gasteiger partial charge on any atom is 0.302 e. The van der Waals surface area contributed by atoms with Crippen LogP contribution in [0.25, 0.3) is 0 Å². The summed E-state index contributed by atoms with van der Waals surface area (Å²) in [6, 6.07) is 6.70. The number of aromatic nitrogens is 2. The number of esters is 1. The van der Waals surface area contributed by atoms with Crippen LogP contribution in [0.4, 0.5) is 5.82 Å². The van der Waals surface area contributed by atoms with E-state index in [1.54, 1.807) is 49.3 Å². The Kier molecular flexibility index (Phi) is 6.74. The zero-order valence-electron chi connectivity index (χ0n) is 15.3. The second-order valence-electron chi connectivity index (χ2n) is 5.86. The third-order valence-corrected chi connectivity index (χ3v) is 3.36. The van der Waals surface area contributed by atoms with Crippen LogP contribution in [0.15, 0.2) is 30.5 Å². The van der Waals surface area contributed by atoms with Gasteiger partial charge in [-0.3, -0.25) is 14.3 Å². The molecule has 8 heteroatoms. The van der Waals surface area contributed by atoms with Gasteiger partial charge >= 0.3 is 5.97 Å². The van der Waals surface area contributed by atoms with Gasteiger partial charge in [0.25, 0.3) is 5.91 Å². The number of benzene rings is 1. The molecule has 1 atom stereocenters. The van der Waals surface area contributed by atoms with Gasteiger partial charge in [-0.25, -0.2) is 0 Å². The molecule has 2 aromatic rings. The molecule has 0 saturated carbocycles. The average molecular weight is 361 g/mol. The summed E-state index contributed by atoms with van der Waals surface area (Å²) in [6.45, 7) is 3.64. The van der Waals surface area contributed by atoms with Gasteiger partial charge in [-0.2, -0.15) is 5.10 Å². The van der Waals surface area contributed by atoms with Crippen molar-refractivity contribution in [1.29, 1.82) is 0 Å². The van der Waals surface area contributed by atoms with Crippen molar-refractivity contribution in [3.63, 3.8) is 0 Å². The fourth-order valence-corrected chi connectivity index (χ4v) is 2.30. The van der Waals surface area contributed by atoms with Crippen LogP contribution >= 0.6 is 0 Å². The highest BCUT2D eigenvalue weighted by Crippen LogP contribution is 2.21. The molecule has 8 nitrogen and oxygen atoms in total. The molecule has 1 aromatic carbocycles. The molecule has 0 radical (unpaired) electrons. The standard InChI is InChI=1S/C18H23N3O5/c1-12(10-24-4)26-16-8-14(11-25-13(2)22)7-15(9-16)18(23)19-17-5-6-21(3)20-17/h5-9,12H,10-11H2,1-4H3,(H,19,20,23)/t12-/m0/s1. The van der Waals surface area contributed by atoms with Gasteiger partial charge < -0.3 is 19.5 Å². The van der Waals surface area contributed by atoms with Crippen LogP contribution in [-0.4, -0.2) is 41.5 Å². The van der Waals surface area contributed by atoms with E-state index in [4.69, 9.17) is 14.2 Å². The van der Waals surface area contributed by atoms with Crippen LogP contribution in [0.5, 0.6) is 5.75 Å². The smallest absolute Gasteiger partial charge is 0.302 e. The van der Waals surface area contributed by atoms with Gasteiger partial charge in [-0.15, -0.1) is 0 Å². The molecule has 1 heterocycles. The van der Waals surface area contributed by atoms with Crippen molar-refractivity contribution in [1.82, 2.24) is 9.78 Å². The molecule has 2 rings (SSSR count). The Morgan fingerprint density at radius 2 is 2.08 bits per heavy atom. The molecule has 1 amide bonds. The molecule has 0 unspecified atom stereocenters. The minimum Gasteiger partial charge on any atom is -0.488 e. The van der Waals surface area contributed by atoms with Crippen molar-refractivity contribution >= 4 is 17.7 Å². The lowest BCUT2D eigenvalue weighted by atomic mass is 10.1. The Hall–Kier alpha value is -2.87. The predicted octanol–water partition coefficient (Wildman–Crippen LogP) is 2.15. The molecule has 0 spiro atoms. The maximum absolute atomic E-state index is 12.5. The van der Waals surface area contributed by atoms with Crippen LogP contribution in [0.2, 0.25) is 0 Å². The number of aryl methyl sites for hydroxylation is 1. The minimum absolute atomic E-state index is 0.0507. The lowest BCUT2D eigenvalue weighted by Gasteiger charge is -2.16. The number of carbonyl (C=O) groups excluding carboxylic acids is 2. The number of hydrogen-bond acceptors (Lipinski definition) is 6. The summed E-state index contributed by atoms with van der Waals surface area (Å²) in [6.07, 6.45) is 1.53. The van der Waals surface area contributed by atoms with E-state index < -0.39 is 5.97 Å². The minimum atomic E-state index is -0.399. The molecule has 0 aliphatic rings. The van der Waals surface area contributed by atoms with E-state index in [-0.39, 0.29) is 18.6 Å². The molecule has 0 saturated heterocycles. The van der Waals surface area contributed by atoms with Crippen LogP contribution < -0.4 is 10.1 Å². The van der Waals surface area contributed by atoms with Crippen LogP contribution in [0, 0.1) is 0 Å². The monoisotopic (exact) mass is 361 g/mol. The normalized spacial score (nSPS) is 11.7. The SMILES string of the molecule is COC[C@H](C)Oc1cc(COC(C)=O)cc(C(=O)Nc2ccn(C)n2)c1. The van der Waals surface area contributed by atoms with Crippen molar-refractivity contribution < 1.29 is 23.8 Å². The average Bonchev–Trinajstić information content (AvgIpc) is 2.97. The first-order valence-electron chi connectivity index (χ1n) is 8.11. The highest BCUT2D eigenvalue weighted by Gasteiger charge is 2.13. The third-order valence-electron chi connectivity index (χ3n) is 3.36. The highest BCUT2D eigenvalue weighted by atomic mass is 16.5. The van der Waals surface area contributed by atoms with Crippen LogP contribution in [0.1, 0.15) is 29.8 Å². The fraction of sp³-hybridized carbons (Fsp3) is 0.389. The Balaban J connectivity index is 2.22. The van der Waals surface area contributed by atoms with Crippen molar-refractivity contribution in [2.24, 2.45) is 7.05 Å². The molecule has 0 aliphatic heterocycles. The molecule has 26 heavy (non-hydrogen) atoms. The first-order valence-corrected chi connectivity index (χ1v) is 8.11. The molecule has 0 aliphatic carbocycles. The van der Waals surface area contributed by atoms with E-state index in [1.165, 1.54) is 6.92 Å². The number of anilines is 1. The topological polar surface area (TPSA) is 91.7 Å². The summed E-state index contributed by atoms with van der Waals surface area (Å²) in [5.74, 6) is 0.199. The van der Waals surface area contributed by atoms with Crippen LogP contribution in [-0.2, 0) is 27.9 Å². The number of amides is 1. The summed E-state index contributed by atoms with van der Waals surface area (Å²) in [5, 5.41) is 6.84. The summed E-state index contributed by atoms with van der Waals surface area (Å²) >= 11 is 0. The second-order valence-corrected chi connectivity index (χ2v) is 5.86. The zero-order valence-corrected chi connectivity index (χ0v) is 15.3. The largest absolute Gasteiger partial charge is 0.488 e. The lowest BCUT2D eigenvalue weighted by Crippen LogP contribution is -2.19. The fourth-order valence-electron chi connectivity index (χ4n) is 2.30. The van der Waals surface area contributed by atoms with Gasteiger partial charge in [-0.1, -0.05) is 0 Å². The summed E-state index contributed by atoms with van der Waals surface area (Å²) < 4.78 is 17.5. The van der Waals surface area contributed by atoms with Gasteiger partial charge in [0.2, 0.25) is 0 Å². The Labute approximate surface area is 152 Å². The highest BCUT2D eigenvalue weighted by molar-refractivity contribution is 6.04. The second kappa shape index (κ2) is 9.00. The first-order chi connectivity index (χ1) is 12.4. The Morgan fingerprint density at radius 3 is 2.69 bits per heavy atom. The Bertz CT molecular complexity index is 772. The van der Waals surface area contributed by atoms with E-state index in [1.807, 2.05) is 6.92 Å². The summed E-state index contributed by atoms with van der Waals surface area (Å²) in [7, 11) is 3.35. The molecular weight excluding hydrogens is 338 g/mol. The van der Waals surface area contributed by atoms with Gasteiger partial charge in [0.1, 0.15) is 18.5 Å². The number of ether oxygens (including phenoxy) is 3. The van der Waals surface area contributed by atoms with Crippen molar-refractivity contribution in [3.8, 4) is 5.75 Å². The molecule has 0 fully saturated rings. The van der Waals surface area contributed by atoms with E-state index in [9.17, 15) is 9.59 Å². The first kappa shape index (κ1) is 19.5. The Morgan fingerprint density at radius 1 is 1.31 bits per heavy atom. The van der Waals surface area contributed by atoms with E-state index >= 15 is 0 Å². The predicted molar refractivity (Wildman–Crippen MR) is 95.0 cm³/mol. The van der Waals surface area contributed by atoms with E-state index in [0.29, 0.717) is 29.3 Å². The summed E-state index contributed by atoms with van der Waals surface area (Å²) in [4.78, 5) is 23.6. The van der Waals surface area contributed by atoms with Gasteiger partial charge in [0.05, 0.1) is 6.61 Å². The zero-order chi connectivity index (χ0) is 19.1. The van der Waals surface area contributed by atoms with Gasteiger partial charge in [-0.05, 0) is 30.7 Å². The molecule has 1 N–H and O–H groups in total. The number of nitrogens with one attached hydrogen (secondary N) is 1. The van der Waals surface area contributed by atoms with Gasteiger partial charge in [0.15, 0.2) is 5.82 Å². The number of nitrogens with zero attached hydrogens (tertiary/aromatic N) is 2. The molecule has 0 bridgehead atoms. The van der Waals surface area contributed by atoms with Gasteiger partial charge in [0, 0.05) is 38.9 Å². The van der Waals surface area contributed by atoms with Crippen molar-refractivity contribution in [2.45, 2.75) is 26.6 Å². The van der Waals surface area contributed by atoms with Crippen molar-refractivity contribution in [2.75, 3.05) is 19.0 Å². The number of rotatable bonds is 8. The maximum atomic E-state index is 12.5. The third kappa shape index (κ3) is 5.89. The van der Waals surface area contributed by atoms with E-state index in [2.05, 4.69) is 10.4 Å². The lowest BCUT2D eigenvalue weighted by molar-refractivity contribution is -0.142. The molecular formula is C18H23N3O5. The van der Waals surface area contributed by atoms with E-state index in [0.717, 1.165) is 0 Å². The number of methoxy groups -OCH3 is 1. The number of hydrogen-bond donors (Lipinski definition) is 1. The quantitative estimate of drug-likeness (QED) is 0.725. The molecule has 1 aromatic heterocycles. The molecule has 140 valence electrons. The van der Waals surface area contributed by atoms with Crippen LogP contribution in [0.3, 0.4) is 0 Å². The number of carbonyl (C=O) groups is 2. The summed E-state index contributed by atoms with van der Waals surface area (Å²) in [5.41, 5.74) is 1.02. The van der Waals surface area contributed by atoms with Crippen molar-refractivity contribution in [3.05, 3.63) is 41.6 Å².